The summed E-state index contributed by atoms with van der Waals surface area (Å²) in [5.74, 6) is -0.884. The number of allylic oxidation sites excluding steroid dienone is 4. The number of hydrogen-bond acceptors (Lipinski definition) is 6. The third-order valence-corrected chi connectivity index (χ3v) is 11.2. The number of esters is 3. The number of ether oxygens (including phenoxy) is 3. The van der Waals surface area contributed by atoms with Crippen molar-refractivity contribution >= 4 is 17.9 Å². The van der Waals surface area contributed by atoms with E-state index in [9.17, 15) is 14.4 Å². The summed E-state index contributed by atoms with van der Waals surface area (Å²) in [6, 6.07) is 0. The predicted molar refractivity (Wildman–Crippen MR) is 247 cm³/mol. The third kappa shape index (κ3) is 45.0. The number of carbonyl (C=O) groups is 3. The van der Waals surface area contributed by atoms with Crippen LogP contribution in [-0.4, -0.2) is 37.2 Å². The molecule has 0 fully saturated rings. The summed E-state index contributed by atoms with van der Waals surface area (Å²) in [6.07, 6.45) is 53.1. The van der Waals surface area contributed by atoms with E-state index in [1.807, 2.05) is 0 Å². The van der Waals surface area contributed by atoms with Crippen molar-refractivity contribution in [3.8, 4) is 0 Å². The summed E-state index contributed by atoms with van der Waals surface area (Å²) < 4.78 is 16.7. The monoisotopic (exact) mass is 817 g/mol. The summed E-state index contributed by atoms with van der Waals surface area (Å²) in [5, 5.41) is 0. The largest absolute Gasteiger partial charge is 0.462 e. The minimum absolute atomic E-state index is 0.0738. The van der Waals surface area contributed by atoms with Crippen LogP contribution in [0.5, 0.6) is 0 Å². The Labute approximate surface area is 360 Å². The molecule has 0 saturated carbocycles. The Morgan fingerprint density at radius 3 is 0.966 bits per heavy atom. The van der Waals surface area contributed by atoms with Crippen molar-refractivity contribution in [3.63, 3.8) is 0 Å². The van der Waals surface area contributed by atoms with Crippen LogP contribution in [0.15, 0.2) is 24.3 Å². The smallest absolute Gasteiger partial charge is 0.306 e. The molecule has 0 rings (SSSR count). The van der Waals surface area contributed by atoms with Gasteiger partial charge in [-0.05, 0) is 64.2 Å². The number of unbranched alkanes of at least 4 members (excludes halogenated alkanes) is 31. The Balaban J connectivity index is 4.27. The third-order valence-electron chi connectivity index (χ3n) is 11.2. The van der Waals surface area contributed by atoms with Gasteiger partial charge in [-0.1, -0.05) is 212 Å². The highest BCUT2D eigenvalue weighted by atomic mass is 16.6. The second-order valence-electron chi connectivity index (χ2n) is 17.1. The van der Waals surface area contributed by atoms with Gasteiger partial charge in [-0.25, -0.2) is 0 Å². The maximum absolute atomic E-state index is 12.7. The average Bonchev–Trinajstić information content (AvgIpc) is 3.22. The minimum atomic E-state index is -0.773. The van der Waals surface area contributed by atoms with E-state index >= 15 is 0 Å². The average molecular weight is 817 g/mol. The van der Waals surface area contributed by atoms with Gasteiger partial charge in [-0.2, -0.15) is 0 Å². The standard InChI is InChI=1S/C52H96O6/c1-4-7-10-13-16-19-22-24-25-26-27-28-29-31-33-36-39-42-45-51(54)57-48-49(47-56-50(53)44-41-38-35-32-21-18-15-12-9-6-3)58-52(55)46-43-40-37-34-30-23-20-17-14-11-8-5-2/h12,15,17,20,49H,4-11,13-14,16,18-19,21-48H2,1-3H3/b15-12-,20-17-. The predicted octanol–water partition coefficient (Wildman–Crippen LogP) is 16.4. The SMILES string of the molecule is CCC/C=C\CCCCCCCC(=O)OCC(COC(=O)CCCCCCCCCCCCCCCCCCCC)OC(=O)CCCCCCC/C=C\CCCCC. The van der Waals surface area contributed by atoms with Crippen LogP contribution in [0.25, 0.3) is 0 Å². The van der Waals surface area contributed by atoms with Crippen LogP contribution in [0.1, 0.15) is 271 Å². The fraction of sp³-hybridized carbons (Fsp3) is 0.865. The topological polar surface area (TPSA) is 78.9 Å². The van der Waals surface area contributed by atoms with Crippen LogP contribution in [0.4, 0.5) is 0 Å². The molecule has 0 aliphatic heterocycles. The van der Waals surface area contributed by atoms with Gasteiger partial charge >= 0.3 is 17.9 Å². The van der Waals surface area contributed by atoms with Crippen molar-refractivity contribution in [2.75, 3.05) is 13.2 Å². The fourth-order valence-electron chi connectivity index (χ4n) is 7.32. The normalized spacial score (nSPS) is 12.1. The van der Waals surface area contributed by atoms with Gasteiger partial charge in [0.25, 0.3) is 0 Å². The number of carbonyl (C=O) groups excluding carboxylic acids is 3. The highest BCUT2D eigenvalue weighted by molar-refractivity contribution is 5.71. The van der Waals surface area contributed by atoms with E-state index < -0.39 is 6.10 Å². The number of rotatable bonds is 46. The molecule has 1 unspecified atom stereocenters. The van der Waals surface area contributed by atoms with Crippen LogP contribution in [0.3, 0.4) is 0 Å². The molecule has 58 heavy (non-hydrogen) atoms. The van der Waals surface area contributed by atoms with E-state index in [4.69, 9.17) is 14.2 Å². The van der Waals surface area contributed by atoms with Crippen LogP contribution in [-0.2, 0) is 28.6 Å². The van der Waals surface area contributed by atoms with E-state index in [1.165, 1.54) is 154 Å². The van der Waals surface area contributed by atoms with Crippen LogP contribution in [0, 0.1) is 0 Å². The fourth-order valence-corrected chi connectivity index (χ4v) is 7.32. The minimum Gasteiger partial charge on any atom is -0.462 e. The van der Waals surface area contributed by atoms with Crippen molar-refractivity contribution in [1.29, 1.82) is 0 Å². The van der Waals surface area contributed by atoms with Crippen LogP contribution < -0.4 is 0 Å². The lowest BCUT2D eigenvalue weighted by molar-refractivity contribution is -0.167. The van der Waals surface area contributed by atoms with E-state index in [0.717, 1.165) is 77.0 Å². The van der Waals surface area contributed by atoms with E-state index in [0.29, 0.717) is 19.3 Å². The Morgan fingerprint density at radius 2 is 0.603 bits per heavy atom. The lowest BCUT2D eigenvalue weighted by atomic mass is 10.0. The van der Waals surface area contributed by atoms with Crippen molar-refractivity contribution in [3.05, 3.63) is 24.3 Å². The molecule has 0 aromatic rings. The molecular formula is C52H96O6. The van der Waals surface area contributed by atoms with Gasteiger partial charge in [0.05, 0.1) is 0 Å². The summed E-state index contributed by atoms with van der Waals surface area (Å²) in [6.45, 7) is 6.56. The Hall–Kier alpha value is -2.11. The van der Waals surface area contributed by atoms with Gasteiger partial charge in [0, 0.05) is 19.3 Å². The van der Waals surface area contributed by atoms with Crippen LogP contribution in [0.2, 0.25) is 0 Å². The maximum Gasteiger partial charge on any atom is 0.306 e. The summed E-state index contributed by atoms with van der Waals surface area (Å²) in [4.78, 5) is 37.8. The first-order chi connectivity index (χ1) is 28.5. The molecule has 0 saturated heterocycles. The first kappa shape index (κ1) is 55.9. The molecular weight excluding hydrogens is 721 g/mol. The lowest BCUT2D eigenvalue weighted by Crippen LogP contribution is -2.30. The molecule has 1 atom stereocenters. The van der Waals surface area contributed by atoms with E-state index in [-0.39, 0.29) is 31.1 Å². The molecule has 0 radical (unpaired) electrons. The Kier molecular flexibility index (Phi) is 45.8. The highest BCUT2D eigenvalue weighted by Crippen LogP contribution is 2.16. The molecule has 6 nitrogen and oxygen atoms in total. The Bertz CT molecular complexity index is 942. The molecule has 0 bridgehead atoms. The van der Waals surface area contributed by atoms with Crippen molar-refractivity contribution in [2.24, 2.45) is 0 Å². The zero-order valence-electron chi connectivity index (χ0n) is 38.8. The molecule has 0 amide bonds. The van der Waals surface area contributed by atoms with Crippen molar-refractivity contribution < 1.29 is 28.6 Å². The van der Waals surface area contributed by atoms with Crippen molar-refractivity contribution in [2.45, 2.75) is 277 Å². The van der Waals surface area contributed by atoms with Crippen molar-refractivity contribution in [1.82, 2.24) is 0 Å². The first-order valence-electron chi connectivity index (χ1n) is 25.3. The zero-order valence-corrected chi connectivity index (χ0v) is 38.8. The molecule has 0 aromatic heterocycles. The second kappa shape index (κ2) is 47.6. The summed E-state index contributed by atoms with van der Waals surface area (Å²) >= 11 is 0. The van der Waals surface area contributed by atoms with E-state index in [1.54, 1.807) is 0 Å². The molecule has 6 heteroatoms. The molecule has 0 spiro atoms. The summed E-state index contributed by atoms with van der Waals surface area (Å²) in [7, 11) is 0. The van der Waals surface area contributed by atoms with Gasteiger partial charge in [0.1, 0.15) is 13.2 Å². The molecule has 0 aromatic carbocycles. The maximum atomic E-state index is 12.7. The number of hydrogen-bond donors (Lipinski definition) is 0. The highest BCUT2D eigenvalue weighted by Gasteiger charge is 2.19. The van der Waals surface area contributed by atoms with Crippen LogP contribution >= 0.6 is 0 Å². The molecule has 0 N–H and O–H groups in total. The second-order valence-corrected chi connectivity index (χ2v) is 17.1. The van der Waals surface area contributed by atoms with Gasteiger partial charge in [-0.15, -0.1) is 0 Å². The Morgan fingerprint density at radius 1 is 0.328 bits per heavy atom. The van der Waals surface area contributed by atoms with E-state index in [2.05, 4.69) is 45.1 Å². The van der Waals surface area contributed by atoms with Gasteiger partial charge in [0.15, 0.2) is 6.10 Å². The zero-order chi connectivity index (χ0) is 42.3. The molecule has 0 aliphatic rings. The quantitative estimate of drug-likeness (QED) is 0.0263. The first-order valence-corrected chi connectivity index (χ1v) is 25.3. The molecule has 0 heterocycles. The van der Waals surface area contributed by atoms with Gasteiger partial charge < -0.3 is 14.2 Å². The van der Waals surface area contributed by atoms with Gasteiger partial charge in [-0.3, -0.25) is 14.4 Å². The molecule has 340 valence electrons. The summed E-state index contributed by atoms with van der Waals surface area (Å²) in [5.41, 5.74) is 0. The van der Waals surface area contributed by atoms with Gasteiger partial charge in [0.2, 0.25) is 0 Å². The lowest BCUT2D eigenvalue weighted by Gasteiger charge is -2.18. The molecule has 0 aliphatic carbocycles.